The Morgan fingerprint density at radius 1 is 1.36 bits per heavy atom. The molecule has 0 aliphatic carbocycles. The first kappa shape index (κ1) is 17.7. The van der Waals surface area contributed by atoms with Gasteiger partial charge in [-0.2, -0.15) is 0 Å². The van der Waals surface area contributed by atoms with E-state index in [1.165, 1.54) is 0 Å². The van der Waals surface area contributed by atoms with Crippen LogP contribution in [0, 0.1) is 3.57 Å². The number of nitrogen functional groups attached to an aromatic ring is 1. The molecule has 128 valence electrons. The number of amides is 1. The van der Waals surface area contributed by atoms with E-state index in [2.05, 4.69) is 37.5 Å². The summed E-state index contributed by atoms with van der Waals surface area (Å²) >= 11 is 8.27. The second-order valence-electron chi connectivity index (χ2n) is 5.42. The number of nitrogens with zero attached hydrogens (tertiary/aromatic N) is 2. The number of nitrogens with two attached hydrogens (primary N) is 2. The molecule has 5 N–H and O–H groups in total. The third-order valence-corrected chi connectivity index (χ3v) is 4.85. The van der Waals surface area contributed by atoms with Gasteiger partial charge in [0.25, 0.3) is 5.91 Å². The molecule has 3 aromatic rings. The van der Waals surface area contributed by atoms with E-state index in [0.717, 1.165) is 21.1 Å². The number of primary amides is 1. The van der Waals surface area contributed by atoms with E-state index < -0.39 is 5.91 Å². The Morgan fingerprint density at radius 3 is 2.80 bits per heavy atom. The molecule has 0 atom stereocenters. The molecule has 0 spiro atoms. The number of hydrogen-bond acceptors (Lipinski definition) is 4. The molecule has 3 rings (SSSR count). The number of nitrogens with one attached hydrogen (secondary N) is 1. The number of H-pyrrole nitrogens is 1. The molecule has 0 aliphatic heterocycles. The van der Waals surface area contributed by atoms with Crippen molar-refractivity contribution in [2.45, 2.75) is 13.3 Å². The van der Waals surface area contributed by atoms with Crippen molar-refractivity contribution in [3.8, 4) is 22.6 Å². The number of carbonyl (C=O) groups excluding carboxylic acids is 1. The Hall–Kier alpha value is -2.13. The summed E-state index contributed by atoms with van der Waals surface area (Å²) in [6, 6.07) is 7.27. The highest BCUT2D eigenvalue weighted by Crippen LogP contribution is 2.33. The van der Waals surface area contributed by atoms with Crippen LogP contribution in [0.4, 0.5) is 5.95 Å². The topological polar surface area (TPSA) is 111 Å². The second-order valence-corrected chi connectivity index (χ2v) is 7.01. The van der Waals surface area contributed by atoms with Gasteiger partial charge in [-0.3, -0.25) is 4.79 Å². The average molecular weight is 468 g/mol. The average Bonchev–Trinajstić information content (AvgIpc) is 3.02. The first-order chi connectivity index (χ1) is 11.9. The van der Waals surface area contributed by atoms with Crippen molar-refractivity contribution in [1.29, 1.82) is 0 Å². The van der Waals surface area contributed by atoms with Crippen LogP contribution >= 0.6 is 34.2 Å². The fraction of sp³-hybridized carbons (Fsp3) is 0.118. The largest absolute Gasteiger partial charge is 0.368 e. The van der Waals surface area contributed by atoms with E-state index >= 15 is 0 Å². The van der Waals surface area contributed by atoms with Crippen molar-refractivity contribution in [2.75, 3.05) is 5.73 Å². The van der Waals surface area contributed by atoms with Gasteiger partial charge in [0, 0.05) is 16.8 Å². The maximum absolute atomic E-state index is 12.0. The van der Waals surface area contributed by atoms with E-state index in [4.69, 9.17) is 23.1 Å². The van der Waals surface area contributed by atoms with Gasteiger partial charge in [0.15, 0.2) is 0 Å². The Labute approximate surface area is 163 Å². The molecule has 1 aromatic carbocycles. The third kappa shape index (κ3) is 3.47. The maximum atomic E-state index is 12.0. The lowest BCUT2D eigenvalue weighted by Gasteiger charge is -2.09. The lowest BCUT2D eigenvalue weighted by Crippen LogP contribution is -2.11. The van der Waals surface area contributed by atoms with Crippen molar-refractivity contribution in [3.63, 3.8) is 0 Å². The number of aryl methyl sites for hydroxylation is 1. The van der Waals surface area contributed by atoms with Gasteiger partial charge >= 0.3 is 0 Å². The van der Waals surface area contributed by atoms with Crippen molar-refractivity contribution < 1.29 is 4.79 Å². The first-order valence-electron chi connectivity index (χ1n) is 7.50. The molecule has 0 saturated heterocycles. The summed E-state index contributed by atoms with van der Waals surface area (Å²) in [5.74, 6) is -0.374. The van der Waals surface area contributed by atoms with Gasteiger partial charge in [0.05, 0.1) is 20.5 Å². The standard InChI is InChI=1S/C17H15ClIN5O/c1-2-8-3-4-9(18)5-10(8)14-11(16(20)25)6-13(23-14)15-12(19)7-22-17(21)24-15/h3-7,23H,2H2,1H3,(H2,20,25)(H2,21,22,24). The molecule has 6 nitrogen and oxygen atoms in total. The van der Waals surface area contributed by atoms with Crippen LogP contribution in [-0.2, 0) is 6.42 Å². The van der Waals surface area contributed by atoms with Crippen LogP contribution in [0.2, 0.25) is 5.02 Å². The fourth-order valence-corrected chi connectivity index (χ4v) is 3.37. The molecule has 2 aromatic heterocycles. The highest BCUT2D eigenvalue weighted by molar-refractivity contribution is 14.1. The van der Waals surface area contributed by atoms with E-state index in [1.807, 2.05) is 25.1 Å². The van der Waals surface area contributed by atoms with Crippen LogP contribution < -0.4 is 11.5 Å². The molecule has 0 saturated carbocycles. The highest BCUT2D eigenvalue weighted by atomic mass is 127. The van der Waals surface area contributed by atoms with Gasteiger partial charge in [-0.25, -0.2) is 9.97 Å². The predicted octanol–water partition coefficient (Wildman–Crippen LogP) is 3.64. The number of benzene rings is 1. The zero-order chi connectivity index (χ0) is 18.1. The molecule has 0 unspecified atom stereocenters. The van der Waals surface area contributed by atoms with Gasteiger partial charge in [0.2, 0.25) is 5.95 Å². The van der Waals surface area contributed by atoms with Crippen LogP contribution in [-0.4, -0.2) is 20.9 Å². The Bertz CT molecular complexity index is 970. The molecule has 2 heterocycles. The molecule has 0 bridgehead atoms. The number of rotatable bonds is 4. The number of aromatic nitrogens is 3. The minimum absolute atomic E-state index is 0.157. The third-order valence-electron chi connectivity index (χ3n) is 3.82. The van der Waals surface area contributed by atoms with Crippen molar-refractivity contribution in [1.82, 2.24) is 15.0 Å². The number of halogens is 2. The summed E-state index contributed by atoms with van der Waals surface area (Å²) in [4.78, 5) is 23.5. The number of hydrogen-bond donors (Lipinski definition) is 3. The minimum atomic E-state index is -0.531. The Balaban J connectivity index is 2.25. The minimum Gasteiger partial charge on any atom is -0.368 e. The molecule has 25 heavy (non-hydrogen) atoms. The molecule has 0 aliphatic rings. The van der Waals surface area contributed by atoms with Crippen LogP contribution in [0.1, 0.15) is 22.8 Å². The fourth-order valence-electron chi connectivity index (χ4n) is 2.65. The quantitative estimate of drug-likeness (QED) is 0.509. The maximum Gasteiger partial charge on any atom is 0.250 e. The Kier molecular flexibility index (Phi) is 4.96. The number of carbonyl (C=O) groups is 1. The summed E-state index contributed by atoms with van der Waals surface area (Å²) in [5.41, 5.74) is 15.4. The number of anilines is 1. The van der Waals surface area contributed by atoms with Crippen molar-refractivity contribution in [2.24, 2.45) is 5.73 Å². The first-order valence-corrected chi connectivity index (χ1v) is 8.96. The molecular weight excluding hydrogens is 453 g/mol. The predicted molar refractivity (Wildman–Crippen MR) is 107 cm³/mol. The van der Waals surface area contributed by atoms with Gasteiger partial charge < -0.3 is 16.5 Å². The zero-order valence-corrected chi connectivity index (χ0v) is 16.2. The summed E-state index contributed by atoms with van der Waals surface area (Å²) in [7, 11) is 0. The Morgan fingerprint density at radius 2 is 2.12 bits per heavy atom. The summed E-state index contributed by atoms with van der Waals surface area (Å²) in [6.45, 7) is 2.04. The van der Waals surface area contributed by atoms with Crippen molar-refractivity contribution in [3.05, 3.63) is 50.2 Å². The van der Waals surface area contributed by atoms with E-state index in [1.54, 1.807) is 12.3 Å². The van der Waals surface area contributed by atoms with Gasteiger partial charge in [-0.15, -0.1) is 0 Å². The van der Waals surface area contributed by atoms with E-state index in [9.17, 15) is 4.79 Å². The summed E-state index contributed by atoms with van der Waals surface area (Å²) in [6.07, 6.45) is 2.41. The van der Waals surface area contributed by atoms with Crippen LogP contribution in [0.3, 0.4) is 0 Å². The van der Waals surface area contributed by atoms with Crippen LogP contribution in [0.15, 0.2) is 30.5 Å². The lowest BCUT2D eigenvalue weighted by atomic mass is 10.00. The molecule has 1 amide bonds. The van der Waals surface area contributed by atoms with Gasteiger partial charge in [0.1, 0.15) is 5.69 Å². The van der Waals surface area contributed by atoms with Crippen LogP contribution in [0.25, 0.3) is 22.6 Å². The molecular formula is C17H15ClIN5O. The second kappa shape index (κ2) is 7.01. The van der Waals surface area contributed by atoms with E-state index in [0.29, 0.717) is 27.7 Å². The normalized spacial score (nSPS) is 10.8. The van der Waals surface area contributed by atoms with Gasteiger partial charge in [-0.1, -0.05) is 24.6 Å². The molecule has 0 radical (unpaired) electrons. The summed E-state index contributed by atoms with van der Waals surface area (Å²) in [5, 5.41) is 0.583. The van der Waals surface area contributed by atoms with Crippen LogP contribution in [0.5, 0.6) is 0 Å². The SMILES string of the molecule is CCc1ccc(Cl)cc1-c1[nH]c(-c2nc(N)ncc2I)cc1C(N)=O. The molecule has 0 fully saturated rings. The number of aromatic amines is 1. The van der Waals surface area contributed by atoms with E-state index in [-0.39, 0.29) is 5.95 Å². The zero-order valence-electron chi connectivity index (χ0n) is 13.3. The molecule has 8 heteroatoms. The highest BCUT2D eigenvalue weighted by Gasteiger charge is 2.19. The monoisotopic (exact) mass is 467 g/mol. The van der Waals surface area contributed by atoms with Gasteiger partial charge in [-0.05, 0) is 52.8 Å². The van der Waals surface area contributed by atoms with Crippen molar-refractivity contribution >= 4 is 46.0 Å². The summed E-state index contributed by atoms with van der Waals surface area (Å²) < 4.78 is 0.803. The smallest absolute Gasteiger partial charge is 0.250 e. The lowest BCUT2D eigenvalue weighted by molar-refractivity contribution is 0.100.